The number of hydrogen-bond donors (Lipinski definition) is 0. The minimum atomic E-state index is -0.460. The molecule has 0 radical (unpaired) electrons. The van der Waals surface area contributed by atoms with E-state index in [4.69, 9.17) is 25.6 Å². The van der Waals surface area contributed by atoms with Crippen LogP contribution in [0.15, 0.2) is 12.1 Å². The van der Waals surface area contributed by atoms with Gasteiger partial charge in [0.25, 0.3) is 0 Å². The maximum atomic E-state index is 6.20. The summed E-state index contributed by atoms with van der Waals surface area (Å²) in [5.41, 5.74) is 1.05. The van der Waals surface area contributed by atoms with E-state index in [0.29, 0.717) is 5.02 Å². The zero-order valence-electron chi connectivity index (χ0n) is 12.3. The Balaban J connectivity index is 2.42. The highest BCUT2D eigenvalue weighted by atomic mass is 35.5. The number of hydrogen-bond acceptors (Lipinski definition) is 3. The monoisotopic (exact) mass is 282 g/mol. The highest BCUT2D eigenvalue weighted by Crippen LogP contribution is 2.37. The molecule has 3 nitrogen and oxygen atoms in total. The van der Waals surface area contributed by atoms with Gasteiger partial charge in [-0.3, -0.25) is 0 Å². The quantitative estimate of drug-likeness (QED) is 0.781. The van der Waals surface area contributed by atoms with Gasteiger partial charge in [0.2, 0.25) is 0 Å². The number of aryl methyl sites for hydroxylation is 1. The fourth-order valence-corrected chi connectivity index (χ4v) is 2.17. The van der Waals surface area contributed by atoms with Crippen molar-refractivity contribution in [3.05, 3.63) is 22.7 Å². The van der Waals surface area contributed by atoms with E-state index in [1.807, 2.05) is 46.8 Å². The van der Waals surface area contributed by atoms with Gasteiger partial charge in [0.15, 0.2) is 0 Å². The predicted molar refractivity (Wildman–Crippen MR) is 78.5 cm³/mol. The van der Waals surface area contributed by atoms with E-state index < -0.39 is 7.12 Å². The predicted octanol–water partition coefficient (Wildman–Crippen LogP) is 2.96. The van der Waals surface area contributed by atoms with Crippen molar-refractivity contribution < 1.29 is 14.0 Å². The van der Waals surface area contributed by atoms with Gasteiger partial charge in [0.05, 0.1) is 18.3 Å². The van der Waals surface area contributed by atoms with Crippen LogP contribution in [0.4, 0.5) is 0 Å². The first-order valence-corrected chi connectivity index (χ1v) is 6.75. The van der Waals surface area contributed by atoms with Crippen LogP contribution in [0, 0.1) is 6.92 Å². The molecule has 1 saturated heterocycles. The van der Waals surface area contributed by atoms with Gasteiger partial charge in [0.1, 0.15) is 5.75 Å². The Labute approximate surface area is 120 Å². The largest absolute Gasteiger partial charge is 0.498 e. The first-order valence-electron chi connectivity index (χ1n) is 6.37. The van der Waals surface area contributed by atoms with Crippen molar-refractivity contribution >= 4 is 24.2 Å². The van der Waals surface area contributed by atoms with Gasteiger partial charge < -0.3 is 14.0 Å². The average molecular weight is 283 g/mol. The van der Waals surface area contributed by atoms with E-state index in [-0.39, 0.29) is 11.2 Å². The number of benzene rings is 1. The molecule has 1 aromatic rings. The van der Waals surface area contributed by atoms with E-state index in [1.54, 1.807) is 7.11 Å². The summed E-state index contributed by atoms with van der Waals surface area (Å²) in [6, 6.07) is 3.76. The van der Waals surface area contributed by atoms with Gasteiger partial charge in [-0.2, -0.15) is 0 Å². The molecular weight excluding hydrogens is 262 g/mol. The molecule has 0 bridgehead atoms. The number of halogens is 1. The lowest BCUT2D eigenvalue weighted by Gasteiger charge is -2.32. The van der Waals surface area contributed by atoms with Crippen molar-refractivity contribution in [1.82, 2.24) is 0 Å². The Kier molecular flexibility index (Phi) is 3.63. The highest BCUT2D eigenvalue weighted by Gasteiger charge is 2.52. The molecule has 19 heavy (non-hydrogen) atoms. The van der Waals surface area contributed by atoms with Crippen LogP contribution in [0.25, 0.3) is 0 Å². The Morgan fingerprint density at radius 2 is 1.63 bits per heavy atom. The molecule has 104 valence electrons. The maximum Gasteiger partial charge on any atom is 0.498 e. The van der Waals surface area contributed by atoms with Gasteiger partial charge in [-0.1, -0.05) is 11.6 Å². The van der Waals surface area contributed by atoms with Gasteiger partial charge >= 0.3 is 7.12 Å². The van der Waals surface area contributed by atoms with Crippen molar-refractivity contribution in [2.45, 2.75) is 45.8 Å². The zero-order chi connectivity index (χ0) is 14.4. The molecule has 0 atom stereocenters. The third-order valence-electron chi connectivity index (χ3n) is 4.02. The van der Waals surface area contributed by atoms with Crippen molar-refractivity contribution in [1.29, 1.82) is 0 Å². The standard InChI is InChI=1S/C14H20BClO3/c1-9-7-12(17-6)10(8-11(9)16)15-18-13(2,3)14(4,5)19-15/h7-8H,1-6H3. The fraction of sp³-hybridized carbons (Fsp3) is 0.571. The molecule has 1 aromatic carbocycles. The minimum absolute atomic E-state index is 0.375. The van der Waals surface area contributed by atoms with E-state index >= 15 is 0 Å². The Bertz CT molecular complexity index is 484. The van der Waals surface area contributed by atoms with Gasteiger partial charge in [0, 0.05) is 10.5 Å². The molecular formula is C14H20BClO3. The van der Waals surface area contributed by atoms with Crippen molar-refractivity contribution in [2.75, 3.05) is 7.11 Å². The molecule has 1 aliphatic heterocycles. The maximum absolute atomic E-state index is 6.20. The summed E-state index contributed by atoms with van der Waals surface area (Å²) in [6.07, 6.45) is 0. The molecule has 0 amide bonds. The van der Waals surface area contributed by atoms with E-state index in [2.05, 4.69) is 0 Å². The second-order valence-corrected chi connectivity index (χ2v) is 6.34. The molecule has 2 rings (SSSR count). The van der Waals surface area contributed by atoms with Crippen LogP contribution < -0.4 is 10.2 Å². The molecule has 0 N–H and O–H groups in total. The summed E-state index contributed by atoms with van der Waals surface area (Å²) in [7, 11) is 1.18. The lowest BCUT2D eigenvalue weighted by atomic mass is 9.78. The fourth-order valence-electron chi connectivity index (χ4n) is 2.00. The van der Waals surface area contributed by atoms with Gasteiger partial charge in [-0.25, -0.2) is 0 Å². The summed E-state index contributed by atoms with van der Waals surface area (Å²) in [5, 5.41) is 0.686. The second-order valence-electron chi connectivity index (χ2n) is 5.93. The molecule has 0 spiro atoms. The van der Waals surface area contributed by atoms with E-state index in [0.717, 1.165) is 16.8 Å². The molecule has 0 aromatic heterocycles. The average Bonchev–Trinajstić information content (AvgIpc) is 2.51. The topological polar surface area (TPSA) is 27.7 Å². The first-order chi connectivity index (χ1) is 8.68. The Morgan fingerprint density at radius 3 is 2.11 bits per heavy atom. The molecule has 0 aliphatic carbocycles. The summed E-state index contributed by atoms with van der Waals surface area (Å²) in [6.45, 7) is 10.0. The number of ether oxygens (including phenoxy) is 1. The Morgan fingerprint density at radius 1 is 1.11 bits per heavy atom. The zero-order valence-corrected chi connectivity index (χ0v) is 13.1. The van der Waals surface area contributed by atoms with Crippen LogP contribution >= 0.6 is 11.6 Å². The van der Waals surface area contributed by atoms with Crippen LogP contribution in [-0.4, -0.2) is 25.4 Å². The minimum Gasteiger partial charge on any atom is -0.497 e. The molecule has 1 aliphatic rings. The van der Waals surface area contributed by atoms with E-state index in [1.165, 1.54) is 0 Å². The van der Waals surface area contributed by atoms with Crippen LogP contribution in [0.1, 0.15) is 33.3 Å². The molecule has 1 heterocycles. The van der Waals surface area contributed by atoms with Crippen molar-refractivity contribution in [3.8, 4) is 5.75 Å². The van der Waals surface area contributed by atoms with Crippen molar-refractivity contribution in [3.63, 3.8) is 0 Å². The summed E-state index contributed by atoms with van der Waals surface area (Å²) < 4.78 is 17.5. The molecule has 5 heteroatoms. The summed E-state index contributed by atoms with van der Waals surface area (Å²) in [5.74, 6) is 0.736. The molecule has 1 fully saturated rings. The first kappa shape index (κ1) is 14.7. The second kappa shape index (κ2) is 4.69. The molecule has 0 saturated carbocycles. The van der Waals surface area contributed by atoms with Gasteiger partial charge in [-0.05, 0) is 52.3 Å². The number of rotatable bonds is 2. The molecule has 0 unspecified atom stereocenters. The van der Waals surface area contributed by atoms with Crippen molar-refractivity contribution in [2.24, 2.45) is 0 Å². The van der Waals surface area contributed by atoms with Crippen LogP contribution in [-0.2, 0) is 9.31 Å². The highest BCUT2D eigenvalue weighted by molar-refractivity contribution is 6.63. The van der Waals surface area contributed by atoms with Gasteiger partial charge in [-0.15, -0.1) is 0 Å². The normalized spacial score (nSPS) is 20.7. The lowest BCUT2D eigenvalue weighted by molar-refractivity contribution is 0.00578. The number of methoxy groups -OCH3 is 1. The van der Waals surface area contributed by atoms with Crippen LogP contribution in [0.2, 0.25) is 5.02 Å². The van der Waals surface area contributed by atoms with E-state index in [9.17, 15) is 0 Å². The summed E-state index contributed by atoms with van der Waals surface area (Å²) >= 11 is 6.20. The Hall–Kier alpha value is -0.705. The summed E-state index contributed by atoms with van der Waals surface area (Å²) in [4.78, 5) is 0. The third-order valence-corrected chi connectivity index (χ3v) is 4.43. The van der Waals surface area contributed by atoms with Crippen LogP contribution in [0.3, 0.4) is 0 Å². The third kappa shape index (κ3) is 2.49. The smallest absolute Gasteiger partial charge is 0.497 e. The van der Waals surface area contributed by atoms with Crippen LogP contribution in [0.5, 0.6) is 5.75 Å². The lowest BCUT2D eigenvalue weighted by Crippen LogP contribution is -2.41. The SMILES string of the molecule is COc1cc(C)c(Cl)cc1B1OC(C)(C)C(C)(C)O1.